The van der Waals surface area contributed by atoms with Crippen LogP contribution in [0.4, 0.5) is 13.2 Å². The Kier molecular flexibility index (Phi) is 3.64. The summed E-state index contributed by atoms with van der Waals surface area (Å²) in [4.78, 5) is 3.28. The summed E-state index contributed by atoms with van der Waals surface area (Å²) in [5.41, 5.74) is 0. The zero-order valence-corrected chi connectivity index (χ0v) is 11.3. The second-order valence-corrected chi connectivity index (χ2v) is 5.47. The van der Waals surface area contributed by atoms with Gasteiger partial charge in [-0.3, -0.25) is 0 Å². The van der Waals surface area contributed by atoms with Gasteiger partial charge in [-0.2, -0.15) is 4.39 Å². The van der Waals surface area contributed by atoms with Crippen molar-refractivity contribution >= 4 is 11.8 Å². The Morgan fingerprint density at radius 1 is 1.05 bits per heavy atom. The van der Waals surface area contributed by atoms with Crippen molar-refractivity contribution in [3.63, 3.8) is 0 Å². The van der Waals surface area contributed by atoms with Gasteiger partial charge in [-0.1, -0.05) is 6.42 Å². The fraction of sp³-hybridized carbons (Fsp3) is 0.417. The topological polar surface area (TPSA) is 43.6 Å². The molecule has 20 heavy (non-hydrogen) atoms. The number of halogens is 3. The lowest BCUT2D eigenvalue weighted by Gasteiger charge is -2.06. The Labute approximate surface area is 117 Å². The molecule has 0 bridgehead atoms. The van der Waals surface area contributed by atoms with Crippen molar-refractivity contribution in [2.45, 2.75) is 42.4 Å². The lowest BCUT2D eigenvalue weighted by Crippen LogP contribution is -2.03. The normalized spacial score (nSPS) is 14.9. The number of hydrogen-bond donors (Lipinski definition) is 0. The molecule has 0 spiro atoms. The molecule has 0 aromatic carbocycles. The highest BCUT2D eigenvalue weighted by Crippen LogP contribution is 2.29. The Morgan fingerprint density at radius 2 is 1.90 bits per heavy atom. The quantitative estimate of drug-likeness (QED) is 0.800. The van der Waals surface area contributed by atoms with Gasteiger partial charge < -0.3 is 4.57 Å². The molecule has 1 aliphatic rings. The van der Waals surface area contributed by atoms with Crippen molar-refractivity contribution < 1.29 is 13.2 Å². The number of rotatable bonds is 2. The third kappa shape index (κ3) is 2.52. The van der Waals surface area contributed by atoms with E-state index in [1.807, 2.05) is 4.57 Å². The molecule has 0 amide bonds. The maximum Gasteiger partial charge on any atom is 0.250 e. The van der Waals surface area contributed by atoms with E-state index in [2.05, 4.69) is 15.2 Å². The van der Waals surface area contributed by atoms with Gasteiger partial charge in [0.05, 0.1) is 0 Å². The third-order valence-electron chi connectivity index (χ3n) is 3.12. The van der Waals surface area contributed by atoms with E-state index in [0.29, 0.717) is 11.2 Å². The maximum atomic E-state index is 13.6. The van der Waals surface area contributed by atoms with E-state index in [-0.39, 0.29) is 5.03 Å². The lowest BCUT2D eigenvalue weighted by atomic mass is 10.2. The summed E-state index contributed by atoms with van der Waals surface area (Å²) >= 11 is 0.864. The number of hydrogen-bond acceptors (Lipinski definition) is 4. The highest BCUT2D eigenvalue weighted by atomic mass is 32.2. The van der Waals surface area contributed by atoms with Crippen molar-refractivity contribution in [2.75, 3.05) is 0 Å². The third-order valence-corrected chi connectivity index (χ3v) is 4.08. The molecule has 0 saturated heterocycles. The molecular formula is C12H11F3N4S. The molecule has 1 aliphatic heterocycles. The lowest BCUT2D eigenvalue weighted by molar-refractivity contribution is 0.447. The number of pyridine rings is 1. The molecular weight excluding hydrogens is 289 g/mol. The molecule has 3 heterocycles. The molecule has 0 fully saturated rings. The van der Waals surface area contributed by atoms with Crippen molar-refractivity contribution in [3.05, 3.63) is 29.5 Å². The van der Waals surface area contributed by atoms with Crippen LogP contribution in [-0.2, 0) is 13.0 Å². The van der Waals surface area contributed by atoms with E-state index in [1.165, 1.54) is 0 Å². The van der Waals surface area contributed by atoms with Crippen molar-refractivity contribution in [1.29, 1.82) is 0 Å². The smallest absolute Gasteiger partial charge is 0.250 e. The Morgan fingerprint density at radius 3 is 2.75 bits per heavy atom. The predicted molar refractivity (Wildman–Crippen MR) is 65.8 cm³/mol. The number of aryl methyl sites for hydroxylation is 1. The zero-order valence-electron chi connectivity index (χ0n) is 10.4. The first kappa shape index (κ1) is 13.4. The molecule has 0 unspecified atom stereocenters. The van der Waals surface area contributed by atoms with Crippen LogP contribution in [-0.4, -0.2) is 19.7 Å². The van der Waals surface area contributed by atoms with E-state index in [4.69, 9.17) is 0 Å². The maximum absolute atomic E-state index is 13.6. The molecule has 106 valence electrons. The van der Waals surface area contributed by atoms with Gasteiger partial charge in [0.1, 0.15) is 10.9 Å². The summed E-state index contributed by atoms with van der Waals surface area (Å²) in [5.74, 6) is -2.68. The van der Waals surface area contributed by atoms with Gasteiger partial charge in [-0.25, -0.2) is 13.8 Å². The van der Waals surface area contributed by atoms with Crippen LogP contribution in [0.15, 0.2) is 16.2 Å². The van der Waals surface area contributed by atoms with Gasteiger partial charge in [0.15, 0.2) is 16.8 Å². The van der Waals surface area contributed by atoms with Crippen LogP contribution in [0.5, 0.6) is 0 Å². The van der Waals surface area contributed by atoms with E-state index >= 15 is 0 Å². The summed E-state index contributed by atoms with van der Waals surface area (Å²) < 4.78 is 41.4. The summed E-state index contributed by atoms with van der Waals surface area (Å²) in [6.07, 6.45) is 3.96. The average molecular weight is 300 g/mol. The largest absolute Gasteiger partial charge is 0.306 e. The zero-order chi connectivity index (χ0) is 14.1. The SMILES string of the molecule is Fc1cc(F)c(Sc2nnc3n2CCCCC3)nc1F. The van der Waals surface area contributed by atoms with Crippen LogP contribution in [0.2, 0.25) is 0 Å². The minimum atomic E-state index is -1.32. The summed E-state index contributed by atoms with van der Waals surface area (Å²) in [6, 6.07) is 0.490. The molecule has 0 aliphatic carbocycles. The summed E-state index contributed by atoms with van der Waals surface area (Å²) in [6.45, 7) is 0.746. The monoisotopic (exact) mass is 300 g/mol. The Hall–Kier alpha value is -1.57. The molecule has 0 saturated carbocycles. The Balaban J connectivity index is 1.92. The van der Waals surface area contributed by atoms with E-state index in [0.717, 1.165) is 49.8 Å². The van der Waals surface area contributed by atoms with Crippen molar-refractivity contribution in [1.82, 2.24) is 19.7 Å². The standard InChI is InChI=1S/C12H11F3N4S/c13-7-6-8(14)11(16-10(7)15)20-12-18-17-9-4-2-1-3-5-19(9)12/h6H,1-5H2. The number of fused-ring (bicyclic) bond motifs is 1. The minimum Gasteiger partial charge on any atom is -0.306 e. The predicted octanol–water partition coefficient (Wildman–Crippen LogP) is 2.97. The first-order valence-electron chi connectivity index (χ1n) is 6.26. The Bertz CT molecular complexity index is 644. The van der Waals surface area contributed by atoms with Gasteiger partial charge in [0.2, 0.25) is 5.95 Å². The second-order valence-electron chi connectivity index (χ2n) is 4.51. The molecule has 0 radical (unpaired) electrons. The van der Waals surface area contributed by atoms with Crippen LogP contribution >= 0.6 is 11.8 Å². The number of aromatic nitrogens is 4. The molecule has 3 rings (SSSR count). The van der Waals surface area contributed by atoms with Gasteiger partial charge >= 0.3 is 0 Å². The van der Waals surface area contributed by atoms with E-state index in [1.54, 1.807) is 0 Å². The fourth-order valence-electron chi connectivity index (χ4n) is 2.12. The van der Waals surface area contributed by atoms with Gasteiger partial charge in [0, 0.05) is 19.0 Å². The summed E-state index contributed by atoms with van der Waals surface area (Å²) in [5, 5.41) is 8.26. The highest BCUT2D eigenvalue weighted by molar-refractivity contribution is 7.99. The molecule has 2 aromatic heterocycles. The van der Waals surface area contributed by atoms with Crippen LogP contribution in [0.3, 0.4) is 0 Å². The molecule has 8 heteroatoms. The summed E-state index contributed by atoms with van der Waals surface area (Å²) in [7, 11) is 0. The van der Waals surface area contributed by atoms with Gasteiger partial charge in [-0.05, 0) is 24.6 Å². The van der Waals surface area contributed by atoms with Gasteiger partial charge in [0.25, 0.3) is 0 Å². The van der Waals surface area contributed by atoms with Crippen LogP contribution in [0.1, 0.15) is 25.1 Å². The van der Waals surface area contributed by atoms with E-state index < -0.39 is 17.6 Å². The molecule has 2 aromatic rings. The first-order valence-corrected chi connectivity index (χ1v) is 7.08. The van der Waals surface area contributed by atoms with Crippen LogP contribution in [0.25, 0.3) is 0 Å². The average Bonchev–Trinajstić information content (AvgIpc) is 2.65. The minimum absolute atomic E-state index is 0.233. The molecule has 0 N–H and O–H groups in total. The fourth-order valence-corrected chi connectivity index (χ4v) is 2.96. The number of nitrogens with zero attached hydrogens (tertiary/aromatic N) is 4. The van der Waals surface area contributed by atoms with Crippen LogP contribution < -0.4 is 0 Å². The highest BCUT2D eigenvalue weighted by Gasteiger charge is 2.19. The van der Waals surface area contributed by atoms with Gasteiger partial charge in [-0.15, -0.1) is 10.2 Å². The molecule has 0 atom stereocenters. The van der Waals surface area contributed by atoms with Crippen molar-refractivity contribution in [3.8, 4) is 0 Å². The van der Waals surface area contributed by atoms with Crippen molar-refractivity contribution in [2.24, 2.45) is 0 Å². The van der Waals surface area contributed by atoms with E-state index in [9.17, 15) is 13.2 Å². The van der Waals surface area contributed by atoms with Crippen LogP contribution in [0, 0.1) is 17.6 Å². The first-order chi connectivity index (χ1) is 9.65. The molecule has 4 nitrogen and oxygen atoms in total. The second kappa shape index (κ2) is 5.43.